The lowest BCUT2D eigenvalue weighted by molar-refractivity contribution is -0.623. The van der Waals surface area contributed by atoms with E-state index in [1.165, 1.54) is 0 Å². The van der Waals surface area contributed by atoms with Gasteiger partial charge in [-0.3, -0.25) is 0 Å². The summed E-state index contributed by atoms with van der Waals surface area (Å²) in [5.41, 5.74) is 0.597. The van der Waals surface area contributed by atoms with Crippen molar-refractivity contribution in [3.63, 3.8) is 0 Å². The summed E-state index contributed by atoms with van der Waals surface area (Å²) in [6.45, 7) is 2.41. The first-order chi connectivity index (χ1) is 11.3. The van der Waals surface area contributed by atoms with Crippen molar-refractivity contribution < 1.29 is 29.8 Å². The van der Waals surface area contributed by atoms with Crippen LogP contribution < -0.4 is 0 Å². The standard InChI is InChI=1S/C17H26O6/c1-2-16(21-17(18)15-11-7-6-8-12-15)13-9-4-3-5-10-14-20-23-22-19/h6-8,11-12,16,19H,2-5,9-10,13-14H2,1H3. The van der Waals surface area contributed by atoms with Gasteiger partial charge in [-0.2, -0.15) is 0 Å². The van der Waals surface area contributed by atoms with E-state index in [0.717, 1.165) is 44.9 Å². The van der Waals surface area contributed by atoms with Crippen LogP contribution in [0.1, 0.15) is 62.2 Å². The second-order valence-electron chi connectivity index (χ2n) is 5.32. The lowest BCUT2D eigenvalue weighted by Gasteiger charge is -2.16. The maximum atomic E-state index is 12.0. The first-order valence-electron chi connectivity index (χ1n) is 8.13. The van der Waals surface area contributed by atoms with Crippen molar-refractivity contribution in [1.29, 1.82) is 0 Å². The number of hydrogen-bond acceptors (Lipinski definition) is 6. The number of carbonyl (C=O) groups excluding carboxylic acids is 1. The summed E-state index contributed by atoms with van der Waals surface area (Å²) in [5.74, 6) is -0.249. The molecule has 0 fully saturated rings. The predicted octanol–water partition coefficient (Wildman–Crippen LogP) is 4.32. The molecule has 1 aromatic rings. The number of unbranched alkanes of at least 4 members (excludes halogenated alkanes) is 4. The number of ether oxygens (including phenoxy) is 1. The van der Waals surface area contributed by atoms with Gasteiger partial charge in [-0.25, -0.2) is 14.9 Å². The van der Waals surface area contributed by atoms with Gasteiger partial charge in [0, 0.05) is 0 Å². The Labute approximate surface area is 137 Å². The molecule has 0 bridgehead atoms. The Morgan fingerprint density at radius 1 is 1.09 bits per heavy atom. The van der Waals surface area contributed by atoms with Crippen LogP contribution in [0.2, 0.25) is 0 Å². The topological polar surface area (TPSA) is 74.2 Å². The molecule has 1 aromatic carbocycles. The van der Waals surface area contributed by atoms with E-state index in [1.807, 2.05) is 25.1 Å². The summed E-state index contributed by atoms with van der Waals surface area (Å²) >= 11 is 0. The average molecular weight is 326 g/mol. The molecule has 0 saturated heterocycles. The minimum Gasteiger partial charge on any atom is -0.459 e. The van der Waals surface area contributed by atoms with Gasteiger partial charge < -0.3 is 4.74 Å². The first-order valence-corrected chi connectivity index (χ1v) is 8.13. The van der Waals surface area contributed by atoms with Gasteiger partial charge in [-0.1, -0.05) is 44.4 Å². The van der Waals surface area contributed by atoms with E-state index in [1.54, 1.807) is 12.1 Å². The second kappa shape index (κ2) is 13.0. The monoisotopic (exact) mass is 326 g/mol. The highest BCUT2D eigenvalue weighted by Gasteiger charge is 2.13. The molecule has 1 N–H and O–H groups in total. The van der Waals surface area contributed by atoms with E-state index >= 15 is 0 Å². The highest BCUT2D eigenvalue weighted by Crippen LogP contribution is 2.14. The number of esters is 1. The molecule has 0 aromatic heterocycles. The maximum absolute atomic E-state index is 12.0. The Bertz CT molecular complexity index is 409. The summed E-state index contributed by atoms with van der Waals surface area (Å²) < 4.78 is 5.54. The minimum absolute atomic E-state index is 0.0267. The van der Waals surface area contributed by atoms with Gasteiger partial charge in [0.05, 0.1) is 12.2 Å². The number of carbonyl (C=O) groups is 1. The molecule has 0 amide bonds. The van der Waals surface area contributed by atoms with E-state index < -0.39 is 0 Å². The number of benzene rings is 1. The molecule has 130 valence electrons. The molecule has 0 aliphatic rings. The van der Waals surface area contributed by atoms with Gasteiger partial charge in [0.1, 0.15) is 6.10 Å². The Hall–Kier alpha value is -1.47. The second-order valence-corrected chi connectivity index (χ2v) is 5.32. The van der Waals surface area contributed by atoms with Crippen LogP contribution in [0.25, 0.3) is 0 Å². The van der Waals surface area contributed by atoms with Gasteiger partial charge >= 0.3 is 5.97 Å². The highest BCUT2D eigenvalue weighted by atomic mass is 17.6. The molecule has 6 heteroatoms. The van der Waals surface area contributed by atoms with E-state index in [0.29, 0.717) is 12.2 Å². The third kappa shape index (κ3) is 9.30. The van der Waals surface area contributed by atoms with Gasteiger partial charge in [-0.05, 0) is 47.9 Å². The van der Waals surface area contributed by atoms with Crippen molar-refractivity contribution in [3.05, 3.63) is 35.9 Å². The molecule has 23 heavy (non-hydrogen) atoms. The van der Waals surface area contributed by atoms with Crippen LogP contribution in [0.4, 0.5) is 0 Å². The van der Waals surface area contributed by atoms with Crippen molar-refractivity contribution in [3.8, 4) is 0 Å². The van der Waals surface area contributed by atoms with Crippen LogP contribution in [-0.4, -0.2) is 23.9 Å². The third-order valence-corrected chi connectivity index (χ3v) is 3.57. The molecule has 0 radical (unpaired) electrons. The Kier molecular flexibility index (Phi) is 11.1. The summed E-state index contributed by atoms with van der Waals surface area (Å²) in [6.07, 6.45) is 6.71. The summed E-state index contributed by atoms with van der Waals surface area (Å²) in [5, 5.41) is 15.1. The van der Waals surface area contributed by atoms with Crippen molar-refractivity contribution in [2.45, 2.75) is 58.0 Å². The molecule has 1 unspecified atom stereocenters. The highest BCUT2D eigenvalue weighted by molar-refractivity contribution is 5.89. The summed E-state index contributed by atoms with van der Waals surface area (Å²) in [6, 6.07) is 9.07. The smallest absolute Gasteiger partial charge is 0.338 e. The van der Waals surface area contributed by atoms with Crippen LogP contribution >= 0.6 is 0 Å². The van der Waals surface area contributed by atoms with Crippen LogP contribution in [0, 0.1) is 0 Å². The van der Waals surface area contributed by atoms with Crippen LogP contribution in [0.3, 0.4) is 0 Å². The summed E-state index contributed by atoms with van der Waals surface area (Å²) in [4.78, 5) is 16.5. The zero-order chi connectivity index (χ0) is 16.8. The first kappa shape index (κ1) is 19.6. The molecule has 0 aliphatic carbocycles. The van der Waals surface area contributed by atoms with Gasteiger partial charge in [0.15, 0.2) is 0 Å². The molecule has 1 rings (SSSR count). The third-order valence-electron chi connectivity index (χ3n) is 3.57. The van der Waals surface area contributed by atoms with E-state index in [-0.39, 0.29) is 12.1 Å². The SMILES string of the molecule is CCC(CCCCCCCOOOO)OC(=O)c1ccccc1. The van der Waals surface area contributed by atoms with E-state index in [4.69, 9.17) is 9.99 Å². The van der Waals surface area contributed by atoms with Crippen molar-refractivity contribution in [2.75, 3.05) is 6.61 Å². The normalized spacial score (nSPS) is 12.1. The molecular weight excluding hydrogens is 300 g/mol. The zero-order valence-corrected chi connectivity index (χ0v) is 13.6. The fourth-order valence-corrected chi connectivity index (χ4v) is 2.26. The minimum atomic E-state index is -0.249. The van der Waals surface area contributed by atoms with E-state index in [9.17, 15) is 4.79 Å². The van der Waals surface area contributed by atoms with Crippen molar-refractivity contribution in [1.82, 2.24) is 0 Å². The zero-order valence-electron chi connectivity index (χ0n) is 13.6. The fourth-order valence-electron chi connectivity index (χ4n) is 2.26. The van der Waals surface area contributed by atoms with Gasteiger partial charge in [0.25, 0.3) is 0 Å². The Morgan fingerprint density at radius 3 is 2.48 bits per heavy atom. The number of hydrogen-bond donors (Lipinski definition) is 1. The predicted molar refractivity (Wildman–Crippen MR) is 84.4 cm³/mol. The van der Waals surface area contributed by atoms with Crippen molar-refractivity contribution >= 4 is 5.97 Å². The van der Waals surface area contributed by atoms with E-state index in [2.05, 4.69) is 15.0 Å². The largest absolute Gasteiger partial charge is 0.459 e. The summed E-state index contributed by atoms with van der Waals surface area (Å²) in [7, 11) is 0. The molecule has 6 nitrogen and oxygen atoms in total. The Morgan fingerprint density at radius 2 is 1.78 bits per heavy atom. The molecule has 0 spiro atoms. The Balaban J connectivity index is 2.09. The molecular formula is C17H26O6. The fraction of sp³-hybridized carbons (Fsp3) is 0.588. The molecule has 0 aliphatic heterocycles. The van der Waals surface area contributed by atoms with Gasteiger partial charge in [0.2, 0.25) is 0 Å². The van der Waals surface area contributed by atoms with Crippen LogP contribution in [-0.2, 0) is 19.7 Å². The molecule has 0 saturated carbocycles. The lowest BCUT2D eigenvalue weighted by Crippen LogP contribution is -2.17. The molecule has 0 heterocycles. The quantitative estimate of drug-likeness (QED) is 0.252. The van der Waals surface area contributed by atoms with Crippen LogP contribution in [0.15, 0.2) is 30.3 Å². The van der Waals surface area contributed by atoms with Gasteiger partial charge in [-0.15, -0.1) is 0 Å². The maximum Gasteiger partial charge on any atom is 0.338 e. The molecule has 1 atom stereocenters. The number of rotatable bonds is 13. The average Bonchev–Trinajstić information content (AvgIpc) is 2.59. The van der Waals surface area contributed by atoms with Crippen LogP contribution in [0.5, 0.6) is 0 Å². The lowest BCUT2D eigenvalue weighted by atomic mass is 10.1. The van der Waals surface area contributed by atoms with Crippen molar-refractivity contribution in [2.24, 2.45) is 0 Å².